The van der Waals surface area contributed by atoms with Crippen molar-refractivity contribution in [2.24, 2.45) is 0 Å². The Morgan fingerprint density at radius 1 is 1.21 bits per heavy atom. The lowest BCUT2D eigenvalue weighted by Crippen LogP contribution is -2.50. The van der Waals surface area contributed by atoms with Gasteiger partial charge in [-0.2, -0.15) is 0 Å². The van der Waals surface area contributed by atoms with E-state index in [0.29, 0.717) is 26.2 Å². The molecule has 0 bridgehead atoms. The molecule has 0 spiro atoms. The third kappa shape index (κ3) is 3.85. The topological polar surface area (TPSA) is 57.6 Å². The van der Waals surface area contributed by atoms with Crippen molar-refractivity contribution in [2.45, 2.75) is 26.4 Å². The number of likely N-dealkylation sites (N-methyl/N-ethyl adjacent to an activating group) is 1. The molecule has 1 aromatic heterocycles. The Kier molecular flexibility index (Phi) is 5.96. The van der Waals surface area contributed by atoms with Crippen molar-refractivity contribution >= 4 is 11.9 Å². The van der Waals surface area contributed by atoms with E-state index in [1.807, 2.05) is 22.9 Å². The standard InChI is InChI=1S/C20H24F2N4O2/c1-3-23-20(28)24(4-2)13-18(27)26-11-10-25-9-5-6-17(25)19(26)15-8-7-14(21)12-16(15)22/h5-9,12,19H,3-4,10-11,13H2,1-2H3,(H,23,28). The number of urea groups is 1. The molecule has 1 aliphatic heterocycles. The number of nitrogens with zero attached hydrogens (tertiary/aromatic N) is 3. The summed E-state index contributed by atoms with van der Waals surface area (Å²) >= 11 is 0. The number of nitrogens with one attached hydrogen (secondary N) is 1. The number of amides is 3. The van der Waals surface area contributed by atoms with Crippen LogP contribution in [0.1, 0.15) is 31.1 Å². The Labute approximate surface area is 162 Å². The van der Waals surface area contributed by atoms with E-state index >= 15 is 0 Å². The summed E-state index contributed by atoms with van der Waals surface area (Å²) in [5, 5.41) is 2.69. The largest absolute Gasteiger partial charge is 0.348 e. The molecule has 1 aliphatic rings. The minimum absolute atomic E-state index is 0.109. The van der Waals surface area contributed by atoms with Crippen LogP contribution < -0.4 is 5.32 Å². The number of benzene rings is 1. The molecule has 1 aromatic carbocycles. The monoisotopic (exact) mass is 390 g/mol. The highest BCUT2D eigenvalue weighted by atomic mass is 19.1. The highest BCUT2D eigenvalue weighted by molar-refractivity contribution is 5.84. The maximum absolute atomic E-state index is 14.6. The van der Waals surface area contributed by atoms with Crippen molar-refractivity contribution in [3.63, 3.8) is 0 Å². The van der Waals surface area contributed by atoms with E-state index in [9.17, 15) is 18.4 Å². The molecule has 2 aromatic rings. The molecule has 0 fully saturated rings. The Morgan fingerprint density at radius 2 is 2.00 bits per heavy atom. The lowest BCUT2D eigenvalue weighted by Gasteiger charge is -2.38. The van der Waals surface area contributed by atoms with Gasteiger partial charge in [0.15, 0.2) is 0 Å². The third-order valence-electron chi connectivity index (χ3n) is 4.94. The minimum atomic E-state index is -0.700. The summed E-state index contributed by atoms with van der Waals surface area (Å²) in [6.07, 6.45) is 1.87. The first-order chi connectivity index (χ1) is 13.5. The summed E-state index contributed by atoms with van der Waals surface area (Å²) in [6, 6.07) is 6.06. The van der Waals surface area contributed by atoms with Crippen LogP contribution in [-0.4, -0.2) is 52.5 Å². The molecule has 28 heavy (non-hydrogen) atoms. The van der Waals surface area contributed by atoms with Crippen LogP contribution >= 0.6 is 0 Å². The second kappa shape index (κ2) is 8.41. The predicted molar refractivity (Wildman–Crippen MR) is 101 cm³/mol. The van der Waals surface area contributed by atoms with Crippen LogP contribution in [0.4, 0.5) is 13.6 Å². The zero-order valence-electron chi connectivity index (χ0n) is 16.0. The van der Waals surface area contributed by atoms with Gasteiger partial charge in [0.05, 0.1) is 0 Å². The highest BCUT2D eigenvalue weighted by Gasteiger charge is 2.34. The lowest BCUT2D eigenvalue weighted by atomic mass is 9.99. The molecule has 0 radical (unpaired) electrons. The van der Waals surface area contributed by atoms with Gasteiger partial charge in [-0.1, -0.05) is 6.07 Å². The van der Waals surface area contributed by atoms with Gasteiger partial charge in [0.2, 0.25) is 5.91 Å². The van der Waals surface area contributed by atoms with E-state index < -0.39 is 17.7 Å². The summed E-state index contributed by atoms with van der Waals surface area (Å²) in [6.45, 7) is 5.26. The third-order valence-corrected chi connectivity index (χ3v) is 4.94. The van der Waals surface area contributed by atoms with E-state index in [4.69, 9.17) is 0 Å². The van der Waals surface area contributed by atoms with Gasteiger partial charge in [0.1, 0.15) is 24.2 Å². The number of rotatable bonds is 5. The highest BCUT2D eigenvalue weighted by Crippen LogP contribution is 2.34. The average Bonchev–Trinajstić information content (AvgIpc) is 3.14. The van der Waals surface area contributed by atoms with Crippen LogP contribution in [0.5, 0.6) is 0 Å². The number of hydrogen-bond acceptors (Lipinski definition) is 2. The molecule has 1 atom stereocenters. The summed E-state index contributed by atoms with van der Waals surface area (Å²) in [5.74, 6) is -1.65. The molecular weight excluding hydrogens is 366 g/mol. The van der Waals surface area contributed by atoms with E-state index in [1.165, 1.54) is 17.0 Å². The summed E-state index contributed by atoms with van der Waals surface area (Å²) in [5.41, 5.74) is 0.988. The molecule has 150 valence electrons. The quantitative estimate of drug-likeness (QED) is 0.854. The Balaban J connectivity index is 1.92. The van der Waals surface area contributed by atoms with Crippen molar-refractivity contribution in [3.8, 4) is 0 Å². The van der Waals surface area contributed by atoms with E-state index in [-0.39, 0.29) is 24.0 Å². The van der Waals surface area contributed by atoms with Crippen LogP contribution in [0.25, 0.3) is 0 Å². The normalized spacial score (nSPS) is 15.9. The first-order valence-electron chi connectivity index (χ1n) is 9.38. The molecule has 0 aliphatic carbocycles. The van der Waals surface area contributed by atoms with Crippen LogP contribution in [0.15, 0.2) is 36.5 Å². The average molecular weight is 390 g/mol. The molecule has 3 amide bonds. The van der Waals surface area contributed by atoms with Gasteiger partial charge in [0.25, 0.3) is 0 Å². The van der Waals surface area contributed by atoms with Gasteiger partial charge >= 0.3 is 6.03 Å². The zero-order chi connectivity index (χ0) is 20.3. The smallest absolute Gasteiger partial charge is 0.317 e. The van der Waals surface area contributed by atoms with Crippen molar-refractivity contribution in [2.75, 3.05) is 26.2 Å². The molecule has 1 N–H and O–H groups in total. The van der Waals surface area contributed by atoms with Crippen LogP contribution in [0.3, 0.4) is 0 Å². The Bertz CT molecular complexity index is 868. The number of carbonyl (C=O) groups is 2. The van der Waals surface area contributed by atoms with Crippen LogP contribution in [0, 0.1) is 11.6 Å². The second-order valence-electron chi connectivity index (χ2n) is 6.63. The maximum atomic E-state index is 14.6. The molecule has 3 rings (SSSR count). The van der Waals surface area contributed by atoms with Gasteiger partial charge in [0, 0.05) is 49.7 Å². The predicted octanol–water partition coefficient (Wildman–Crippen LogP) is 2.75. The first-order valence-corrected chi connectivity index (χ1v) is 9.38. The molecule has 0 saturated carbocycles. The number of hydrogen-bond donors (Lipinski definition) is 1. The lowest BCUT2D eigenvalue weighted by molar-refractivity contribution is -0.134. The van der Waals surface area contributed by atoms with Gasteiger partial charge in [-0.05, 0) is 32.0 Å². The molecule has 0 saturated heterocycles. The first kappa shape index (κ1) is 19.9. The molecule has 8 heteroatoms. The summed E-state index contributed by atoms with van der Waals surface area (Å²) < 4.78 is 29.9. The number of carbonyl (C=O) groups excluding carboxylic acids is 2. The molecule has 2 heterocycles. The van der Waals surface area contributed by atoms with Gasteiger partial charge in [-0.25, -0.2) is 13.6 Å². The van der Waals surface area contributed by atoms with E-state index in [2.05, 4.69) is 5.32 Å². The van der Waals surface area contributed by atoms with E-state index in [0.717, 1.165) is 11.8 Å². The summed E-state index contributed by atoms with van der Waals surface area (Å²) in [4.78, 5) is 28.2. The molecule has 6 nitrogen and oxygen atoms in total. The van der Waals surface area contributed by atoms with Gasteiger partial charge in [-0.15, -0.1) is 0 Å². The number of aromatic nitrogens is 1. The van der Waals surface area contributed by atoms with Gasteiger partial charge in [-0.3, -0.25) is 4.79 Å². The molecule has 1 unspecified atom stereocenters. The number of fused-ring (bicyclic) bond motifs is 1. The SMILES string of the molecule is CCNC(=O)N(CC)CC(=O)N1CCn2cccc2C1c1ccc(F)cc1F. The fourth-order valence-corrected chi connectivity index (χ4v) is 3.55. The van der Waals surface area contributed by atoms with Crippen molar-refractivity contribution in [1.82, 2.24) is 19.7 Å². The van der Waals surface area contributed by atoms with Gasteiger partial charge < -0.3 is 19.7 Å². The Hall–Kier alpha value is -2.90. The maximum Gasteiger partial charge on any atom is 0.317 e. The van der Waals surface area contributed by atoms with Crippen LogP contribution in [-0.2, 0) is 11.3 Å². The minimum Gasteiger partial charge on any atom is -0.348 e. The zero-order valence-corrected chi connectivity index (χ0v) is 16.0. The fraction of sp³-hybridized carbons (Fsp3) is 0.400. The Morgan fingerprint density at radius 3 is 2.68 bits per heavy atom. The number of halogens is 2. The fourth-order valence-electron chi connectivity index (χ4n) is 3.55. The second-order valence-corrected chi connectivity index (χ2v) is 6.63. The van der Waals surface area contributed by atoms with Crippen LogP contribution in [0.2, 0.25) is 0 Å². The molecular formula is C20H24F2N4O2. The summed E-state index contributed by atoms with van der Waals surface area (Å²) in [7, 11) is 0. The van der Waals surface area contributed by atoms with Crippen molar-refractivity contribution < 1.29 is 18.4 Å². The van der Waals surface area contributed by atoms with Crippen molar-refractivity contribution in [3.05, 3.63) is 59.4 Å². The van der Waals surface area contributed by atoms with E-state index in [1.54, 1.807) is 18.7 Å². The van der Waals surface area contributed by atoms with Crippen molar-refractivity contribution in [1.29, 1.82) is 0 Å².